The van der Waals surface area contributed by atoms with Crippen LogP contribution in [0.2, 0.25) is 0 Å². The molecule has 2 aromatic rings. The predicted octanol–water partition coefficient (Wildman–Crippen LogP) is 2.69. The lowest BCUT2D eigenvalue weighted by molar-refractivity contribution is 0.0742. The molecule has 2 rings (SSSR count). The van der Waals surface area contributed by atoms with Gasteiger partial charge >= 0.3 is 0 Å². The molecule has 0 aliphatic rings. The van der Waals surface area contributed by atoms with E-state index in [1.165, 1.54) is 5.56 Å². The van der Waals surface area contributed by atoms with Crippen molar-refractivity contribution in [3.05, 3.63) is 65.0 Å². The fourth-order valence-electron chi connectivity index (χ4n) is 2.30. The van der Waals surface area contributed by atoms with Crippen molar-refractivity contribution in [2.45, 2.75) is 26.8 Å². The van der Waals surface area contributed by atoms with Gasteiger partial charge in [-0.05, 0) is 61.7 Å². The van der Waals surface area contributed by atoms with Crippen molar-refractivity contribution >= 4 is 5.91 Å². The Morgan fingerprint density at radius 2 is 2.05 bits per heavy atom. The molecule has 0 aliphatic heterocycles. The van der Waals surface area contributed by atoms with E-state index in [-0.39, 0.29) is 5.91 Å². The Bertz CT molecular complexity index is 625. The van der Waals surface area contributed by atoms with Crippen molar-refractivity contribution < 1.29 is 4.79 Å². The van der Waals surface area contributed by atoms with Gasteiger partial charge in [-0.2, -0.15) is 0 Å². The summed E-state index contributed by atoms with van der Waals surface area (Å²) in [5, 5.41) is 0. The Labute approximate surface area is 132 Å². The second kappa shape index (κ2) is 7.71. The summed E-state index contributed by atoms with van der Waals surface area (Å²) in [6, 6.07) is 9.71. The third-order valence-electron chi connectivity index (χ3n) is 3.77. The summed E-state index contributed by atoms with van der Waals surface area (Å²) in [7, 11) is 0. The molecule has 1 heterocycles. The molecule has 1 aromatic heterocycles. The van der Waals surface area contributed by atoms with E-state index in [0.29, 0.717) is 19.6 Å². The number of carbonyl (C=O) groups is 1. The molecule has 1 amide bonds. The molecule has 0 aliphatic carbocycles. The van der Waals surface area contributed by atoms with Crippen LogP contribution in [0.1, 0.15) is 33.5 Å². The maximum atomic E-state index is 12.8. The van der Waals surface area contributed by atoms with Gasteiger partial charge in [-0.25, -0.2) is 0 Å². The number of pyridine rings is 1. The SMILES string of the molecule is Cc1ccc(C(=O)N(CCCN)Cc2cccnc2)cc1C. The highest BCUT2D eigenvalue weighted by Crippen LogP contribution is 2.14. The maximum absolute atomic E-state index is 12.8. The minimum Gasteiger partial charge on any atom is -0.334 e. The molecule has 4 heteroatoms. The molecule has 0 bridgehead atoms. The van der Waals surface area contributed by atoms with E-state index >= 15 is 0 Å². The number of nitrogens with two attached hydrogens (primary N) is 1. The van der Waals surface area contributed by atoms with Crippen molar-refractivity contribution in [1.29, 1.82) is 0 Å². The van der Waals surface area contributed by atoms with Gasteiger partial charge in [-0.15, -0.1) is 0 Å². The maximum Gasteiger partial charge on any atom is 0.254 e. The molecule has 0 unspecified atom stereocenters. The standard InChI is InChI=1S/C18H23N3O/c1-14-6-7-17(11-15(14)2)18(22)21(10-4-8-19)13-16-5-3-9-20-12-16/h3,5-7,9,11-12H,4,8,10,13,19H2,1-2H3. The summed E-state index contributed by atoms with van der Waals surface area (Å²) in [6.07, 6.45) is 4.32. The molecule has 0 radical (unpaired) electrons. The molecular weight excluding hydrogens is 274 g/mol. The molecule has 0 saturated carbocycles. The topological polar surface area (TPSA) is 59.2 Å². The van der Waals surface area contributed by atoms with E-state index in [2.05, 4.69) is 4.98 Å². The van der Waals surface area contributed by atoms with E-state index in [0.717, 1.165) is 23.1 Å². The van der Waals surface area contributed by atoms with Gasteiger partial charge in [0, 0.05) is 31.0 Å². The van der Waals surface area contributed by atoms with Crippen LogP contribution in [0.5, 0.6) is 0 Å². The summed E-state index contributed by atoms with van der Waals surface area (Å²) >= 11 is 0. The van der Waals surface area contributed by atoms with Gasteiger partial charge in [0.1, 0.15) is 0 Å². The summed E-state index contributed by atoms with van der Waals surface area (Å²) in [5.74, 6) is 0.0420. The zero-order valence-electron chi connectivity index (χ0n) is 13.2. The largest absolute Gasteiger partial charge is 0.334 e. The number of carbonyl (C=O) groups excluding carboxylic acids is 1. The molecule has 1 aromatic carbocycles. The third-order valence-corrected chi connectivity index (χ3v) is 3.77. The number of hydrogen-bond donors (Lipinski definition) is 1. The number of benzene rings is 1. The Balaban J connectivity index is 2.19. The highest BCUT2D eigenvalue weighted by atomic mass is 16.2. The molecule has 116 valence electrons. The van der Waals surface area contributed by atoms with Crippen molar-refractivity contribution in [3.8, 4) is 0 Å². The van der Waals surface area contributed by atoms with Gasteiger partial charge < -0.3 is 10.6 Å². The molecule has 2 N–H and O–H groups in total. The van der Waals surface area contributed by atoms with Crippen molar-refractivity contribution in [2.24, 2.45) is 5.73 Å². The molecular formula is C18H23N3O. The summed E-state index contributed by atoms with van der Waals surface area (Å²) in [4.78, 5) is 18.7. The van der Waals surface area contributed by atoms with Gasteiger partial charge in [0.05, 0.1) is 0 Å². The first-order chi connectivity index (χ1) is 10.6. The van der Waals surface area contributed by atoms with Gasteiger partial charge in [-0.3, -0.25) is 9.78 Å². The molecule has 0 atom stereocenters. The van der Waals surface area contributed by atoms with E-state index < -0.39 is 0 Å². The second-order valence-corrected chi connectivity index (χ2v) is 5.53. The molecule has 0 fully saturated rings. The van der Waals surface area contributed by atoms with Gasteiger partial charge in [-0.1, -0.05) is 12.1 Å². The van der Waals surface area contributed by atoms with Gasteiger partial charge in [0.25, 0.3) is 5.91 Å². The molecule has 0 saturated heterocycles. The van der Waals surface area contributed by atoms with Gasteiger partial charge in [0.2, 0.25) is 0 Å². The van der Waals surface area contributed by atoms with Crippen LogP contribution in [0.4, 0.5) is 0 Å². The number of amides is 1. The van der Waals surface area contributed by atoms with Crippen LogP contribution in [0.15, 0.2) is 42.7 Å². The van der Waals surface area contributed by atoms with E-state index in [4.69, 9.17) is 5.73 Å². The summed E-state index contributed by atoms with van der Waals surface area (Å²) in [6.45, 7) is 5.85. The summed E-state index contributed by atoms with van der Waals surface area (Å²) in [5.41, 5.74) is 9.68. The lowest BCUT2D eigenvalue weighted by Crippen LogP contribution is -2.32. The number of hydrogen-bond acceptors (Lipinski definition) is 3. The lowest BCUT2D eigenvalue weighted by Gasteiger charge is -2.23. The highest BCUT2D eigenvalue weighted by molar-refractivity contribution is 5.94. The van der Waals surface area contributed by atoms with Crippen LogP contribution in [0, 0.1) is 13.8 Å². The summed E-state index contributed by atoms with van der Waals surface area (Å²) < 4.78 is 0. The normalized spacial score (nSPS) is 10.5. The number of aromatic nitrogens is 1. The Morgan fingerprint density at radius 1 is 1.23 bits per heavy atom. The zero-order valence-corrected chi connectivity index (χ0v) is 13.2. The van der Waals surface area contributed by atoms with Crippen LogP contribution >= 0.6 is 0 Å². The minimum absolute atomic E-state index is 0.0420. The molecule has 4 nitrogen and oxygen atoms in total. The van der Waals surface area contributed by atoms with Crippen molar-refractivity contribution in [2.75, 3.05) is 13.1 Å². The highest BCUT2D eigenvalue weighted by Gasteiger charge is 2.16. The van der Waals surface area contributed by atoms with E-state index in [1.807, 2.05) is 49.1 Å². The van der Waals surface area contributed by atoms with E-state index in [1.54, 1.807) is 12.4 Å². The second-order valence-electron chi connectivity index (χ2n) is 5.53. The van der Waals surface area contributed by atoms with E-state index in [9.17, 15) is 4.79 Å². The minimum atomic E-state index is 0.0420. The monoisotopic (exact) mass is 297 g/mol. The third kappa shape index (κ3) is 4.15. The Kier molecular flexibility index (Phi) is 5.67. The zero-order chi connectivity index (χ0) is 15.9. The van der Waals surface area contributed by atoms with Crippen LogP contribution in [0.25, 0.3) is 0 Å². The predicted molar refractivity (Wildman–Crippen MR) is 88.6 cm³/mol. The smallest absolute Gasteiger partial charge is 0.254 e. The lowest BCUT2D eigenvalue weighted by atomic mass is 10.1. The van der Waals surface area contributed by atoms with Gasteiger partial charge in [0.15, 0.2) is 0 Å². The fraction of sp³-hybridized carbons (Fsp3) is 0.333. The van der Waals surface area contributed by atoms with Crippen LogP contribution in [-0.2, 0) is 6.54 Å². The number of aryl methyl sites for hydroxylation is 2. The van der Waals surface area contributed by atoms with Crippen LogP contribution in [-0.4, -0.2) is 28.9 Å². The first kappa shape index (κ1) is 16.2. The van der Waals surface area contributed by atoms with Crippen molar-refractivity contribution in [3.63, 3.8) is 0 Å². The quantitative estimate of drug-likeness (QED) is 0.892. The Hall–Kier alpha value is -2.20. The molecule has 0 spiro atoms. The average molecular weight is 297 g/mol. The first-order valence-corrected chi connectivity index (χ1v) is 7.57. The number of nitrogens with zero attached hydrogens (tertiary/aromatic N) is 2. The first-order valence-electron chi connectivity index (χ1n) is 7.57. The van der Waals surface area contributed by atoms with Crippen LogP contribution < -0.4 is 5.73 Å². The number of rotatable bonds is 6. The fourth-order valence-corrected chi connectivity index (χ4v) is 2.30. The van der Waals surface area contributed by atoms with Crippen molar-refractivity contribution in [1.82, 2.24) is 9.88 Å². The van der Waals surface area contributed by atoms with Crippen LogP contribution in [0.3, 0.4) is 0 Å². The average Bonchev–Trinajstić information content (AvgIpc) is 2.54. The Morgan fingerprint density at radius 3 is 2.68 bits per heavy atom. The molecule has 22 heavy (non-hydrogen) atoms.